The van der Waals surface area contributed by atoms with Crippen molar-refractivity contribution in [2.45, 2.75) is 6.61 Å². The van der Waals surface area contributed by atoms with Crippen LogP contribution in [0.25, 0.3) is 0 Å². The number of rotatable bonds is 5. The summed E-state index contributed by atoms with van der Waals surface area (Å²) >= 11 is 2.16. The van der Waals surface area contributed by atoms with E-state index in [0.717, 1.165) is 9.13 Å². The SMILES string of the molecule is O=C(CNC(=O)c1ccc(I)cc1)OCc1ccccc1. The molecule has 0 bridgehead atoms. The molecule has 0 radical (unpaired) electrons. The second-order valence-electron chi connectivity index (χ2n) is 4.34. The minimum atomic E-state index is -0.460. The first-order chi connectivity index (χ1) is 10.1. The highest BCUT2D eigenvalue weighted by atomic mass is 127. The average Bonchev–Trinajstić information content (AvgIpc) is 2.52. The zero-order valence-electron chi connectivity index (χ0n) is 11.2. The Morgan fingerprint density at radius 3 is 2.33 bits per heavy atom. The molecule has 1 N–H and O–H groups in total. The summed E-state index contributed by atoms with van der Waals surface area (Å²) in [7, 11) is 0. The van der Waals surface area contributed by atoms with Gasteiger partial charge in [0.05, 0.1) is 0 Å². The lowest BCUT2D eigenvalue weighted by Gasteiger charge is -2.06. The van der Waals surface area contributed by atoms with Crippen LogP contribution < -0.4 is 5.32 Å². The third kappa shape index (κ3) is 5.18. The van der Waals surface area contributed by atoms with E-state index in [9.17, 15) is 9.59 Å². The smallest absolute Gasteiger partial charge is 0.325 e. The van der Waals surface area contributed by atoms with Gasteiger partial charge in [-0.1, -0.05) is 30.3 Å². The lowest BCUT2D eigenvalue weighted by molar-refractivity contribution is -0.143. The molecule has 2 aromatic rings. The van der Waals surface area contributed by atoms with Gasteiger partial charge < -0.3 is 10.1 Å². The number of hydrogen-bond donors (Lipinski definition) is 1. The predicted octanol–water partition coefficient (Wildman–Crippen LogP) is 2.76. The molecule has 2 aromatic carbocycles. The van der Waals surface area contributed by atoms with Crippen LogP contribution in [0.2, 0.25) is 0 Å². The number of esters is 1. The number of benzene rings is 2. The van der Waals surface area contributed by atoms with E-state index in [4.69, 9.17) is 4.74 Å². The van der Waals surface area contributed by atoms with Gasteiger partial charge in [-0.25, -0.2) is 0 Å². The number of halogens is 1. The standard InChI is InChI=1S/C16H14INO3/c17-14-8-6-13(7-9-14)16(20)18-10-15(19)21-11-12-4-2-1-3-5-12/h1-9H,10-11H2,(H,18,20). The number of amides is 1. The van der Waals surface area contributed by atoms with Crippen LogP contribution in [-0.2, 0) is 16.1 Å². The average molecular weight is 395 g/mol. The third-order valence-corrected chi connectivity index (χ3v) is 3.46. The van der Waals surface area contributed by atoms with Gasteiger partial charge in [0.25, 0.3) is 5.91 Å². The Morgan fingerprint density at radius 2 is 1.67 bits per heavy atom. The van der Waals surface area contributed by atoms with E-state index in [0.29, 0.717) is 5.56 Å². The van der Waals surface area contributed by atoms with Crippen molar-refractivity contribution in [2.24, 2.45) is 0 Å². The first kappa shape index (κ1) is 15.5. The molecule has 0 spiro atoms. The molecule has 5 heteroatoms. The molecule has 108 valence electrons. The number of carbonyl (C=O) groups excluding carboxylic acids is 2. The summed E-state index contributed by atoms with van der Waals surface area (Å²) in [6.45, 7) is 0.0662. The highest BCUT2D eigenvalue weighted by Gasteiger charge is 2.08. The molecule has 0 saturated carbocycles. The van der Waals surface area contributed by atoms with E-state index >= 15 is 0 Å². The van der Waals surface area contributed by atoms with Crippen molar-refractivity contribution in [3.63, 3.8) is 0 Å². The summed E-state index contributed by atoms with van der Waals surface area (Å²) in [5.41, 5.74) is 1.43. The van der Waals surface area contributed by atoms with Gasteiger partial charge in [-0.15, -0.1) is 0 Å². The van der Waals surface area contributed by atoms with Gasteiger partial charge in [0.1, 0.15) is 13.2 Å². The monoisotopic (exact) mass is 395 g/mol. The number of hydrogen-bond acceptors (Lipinski definition) is 3. The van der Waals surface area contributed by atoms with E-state index < -0.39 is 5.97 Å². The van der Waals surface area contributed by atoms with Crippen LogP contribution in [0.3, 0.4) is 0 Å². The Bertz CT molecular complexity index is 611. The highest BCUT2D eigenvalue weighted by Crippen LogP contribution is 2.06. The zero-order chi connectivity index (χ0) is 15.1. The second-order valence-corrected chi connectivity index (χ2v) is 5.58. The normalized spacial score (nSPS) is 9.95. The molecule has 1 amide bonds. The zero-order valence-corrected chi connectivity index (χ0v) is 13.4. The van der Waals surface area contributed by atoms with Crippen LogP contribution in [-0.4, -0.2) is 18.4 Å². The molecule has 0 fully saturated rings. The van der Waals surface area contributed by atoms with E-state index in [-0.39, 0.29) is 19.1 Å². The summed E-state index contributed by atoms with van der Waals surface area (Å²) in [5, 5.41) is 2.54. The molecular weight excluding hydrogens is 381 g/mol. The first-order valence-electron chi connectivity index (χ1n) is 6.38. The van der Waals surface area contributed by atoms with Crippen LogP contribution >= 0.6 is 22.6 Å². The molecule has 21 heavy (non-hydrogen) atoms. The molecule has 0 heterocycles. The van der Waals surface area contributed by atoms with Crippen molar-refractivity contribution in [3.05, 3.63) is 69.3 Å². The van der Waals surface area contributed by atoms with Crippen LogP contribution in [0, 0.1) is 3.57 Å². The highest BCUT2D eigenvalue weighted by molar-refractivity contribution is 14.1. The van der Waals surface area contributed by atoms with Crippen LogP contribution in [0.5, 0.6) is 0 Å². The maximum atomic E-state index is 11.8. The van der Waals surface area contributed by atoms with Gasteiger partial charge in [0.15, 0.2) is 0 Å². The summed E-state index contributed by atoms with van der Waals surface area (Å²) in [6, 6.07) is 16.5. The minimum Gasteiger partial charge on any atom is -0.460 e. The van der Waals surface area contributed by atoms with E-state index in [1.54, 1.807) is 12.1 Å². The number of nitrogens with one attached hydrogen (secondary N) is 1. The van der Waals surface area contributed by atoms with Crippen LogP contribution in [0.4, 0.5) is 0 Å². The fourth-order valence-corrected chi connectivity index (χ4v) is 2.00. The van der Waals surface area contributed by atoms with Crippen molar-refractivity contribution in [1.29, 1.82) is 0 Å². The van der Waals surface area contributed by atoms with Gasteiger partial charge in [-0.3, -0.25) is 9.59 Å². The van der Waals surface area contributed by atoms with Gasteiger partial charge in [-0.05, 0) is 52.4 Å². The Labute approximate surface area is 136 Å². The third-order valence-electron chi connectivity index (χ3n) is 2.74. The lowest BCUT2D eigenvalue weighted by Crippen LogP contribution is -2.30. The molecule has 0 atom stereocenters. The summed E-state index contributed by atoms with van der Waals surface area (Å²) in [4.78, 5) is 23.4. The Kier molecular flexibility index (Phi) is 5.74. The van der Waals surface area contributed by atoms with Crippen molar-refractivity contribution in [2.75, 3.05) is 6.54 Å². The summed E-state index contributed by atoms with van der Waals surface area (Å²) < 4.78 is 6.13. The molecule has 2 rings (SSSR count). The number of ether oxygens (including phenoxy) is 1. The van der Waals surface area contributed by atoms with Gasteiger partial charge in [0.2, 0.25) is 0 Å². The van der Waals surface area contributed by atoms with E-state index in [1.807, 2.05) is 42.5 Å². The van der Waals surface area contributed by atoms with E-state index in [2.05, 4.69) is 27.9 Å². The van der Waals surface area contributed by atoms with Gasteiger partial charge in [-0.2, -0.15) is 0 Å². The Morgan fingerprint density at radius 1 is 1.00 bits per heavy atom. The molecule has 0 aliphatic carbocycles. The fourth-order valence-electron chi connectivity index (χ4n) is 1.64. The quantitative estimate of drug-likeness (QED) is 0.626. The molecule has 0 saturated heterocycles. The largest absolute Gasteiger partial charge is 0.460 e. The molecule has 0 aliphatic rings. The second kappa shape index (κ2) is 7.78. The van der Waals surface area contributed by atoms with E-state index in [1.165, 1.54) is 0 Å². The fraction of sp³-hybridized carbons (Fsp3) is 0.125. The Hall–Kier alpha value is -1.89. The molecule has 0 aromatic heterocycles. The maximum absolute atomic E-state index is 11.8. The molecular formula is C16H14INO3. The lowest BCUT2D eigenvalue weighted by atomic mass is 10.2. The predicted molar refractivity (Wildman–Crippen MR) is 87.7 cm³/mol. The van der Waals surface area contributed by atoms with Gasteiger partial charge >= 0.3 is 5.97 Å². The van der Waals surface area contributed by atoms with Crippen LogP contribution in [0.1, 0.15) is 15.9 Å². The molecule has 0 unspecified atom stereocenters. The topological polar surface area (TPSA) is 55.4 Å². The first-order valence-corrected chi connectivity index (χ1v) is 7.46. The summed E-state index contributed by atoms with van der Waals surface area (Å²) in [5.74, 6) is -0.749. The molecule has 4 nitrogen and oxygen atoms in total. The number of carbonyl (C=O) groups is 2. The minimum absolute atomic E-state index is 0.141. The van der Waals surface area contributed by atoms with Gasteiger partial charge in [0, 0.05) is 9.13 Å². The van der Waals surface area contributed by atoms with Crippen molar-refractivity contribution >= 4 is 34.5 Å². The van der Waals surface area contributed by atoms with Crippen molar-refractivity contribution < 1.29 is 14.3 Å². The maximum Gasteiger partial charge on any atom is 0.325 e. The van der Waals surface area contributed by atoms with Crippen molar-refractivity contribution in [3.8, 4) is 0 Å². The van der Waals surface area contributed by atoms with Crippen LogP contribution in [0.15, 0.2) is 54.6 Å². The summed E-state index contributed by atoms with van der Waals surface area (Å²) in [6.07, 6.45) is 0. The Balaban J connectivity index is 1.76. The van der Waals surface area contributed by atoms with Crippen molar-refractivity contribution in [1.82, 2.24) is 5.32 Å². The molecule has 0 aliphatic heterocycles.